The van der Waals surface area contributed by atoms with E-state index in [0.29, 0.717) is 37.4 Å². The number of methoxy groups -OCH3 is 3. The van der Waals surface area contributed by atoms with Crippen LogP contribution in [0, 0.1) is 5.41 Å². The number of nitrogens with one attached hydrogen (secondary N) is 1. The molecule has 1 aromatic rings. The first kappa shape index (κ1) is 24.6. The van der Waals surface area contributed by atoms with Crippen molar-refractivity contribution in [3.8, 4) is 5.75 Å². The molecule has 3 aliphatic heterocycles. The van der Waals surface area contributed by atoms with E-state index >= 15 is 0 Å². The molecule has 1 saturated carbocycles. The largest absolute Gasteiger partial charge is 0.496 e. The molecular weight excluding hydrogens is 468 g/mol. The maximum Gasteiger partial charge on any atom is 0.344 e. The van der Waals surface area contributed by atoms with E-state index in [9.17, 15) is 19.5 Å². The Morgan fingerprint density at radius 2 is 1.94 bits per heavy atom. The van der Waals surface area contributed by atoms with Crippen LogP contribution in [-0.2, 0) is 29.2 Å². The van der Waals surface area contributed by atoms with E-state index in [1.807, 2.05) is 19.1 Å². The summed E-state index contributed by atoms with van der Waals surface area (Å²) >= 11 is 0. The van der Waals surface area contributed by atoms with E-state index in [2.05, 4.69) is 10.2 Å². The molecule has 1 aromatic carbocycles. The van der Waals surface area contributed by atoms with Crippen molar-refractivity contribution >= 4 is 23.6 Å². The summed E-state index contributed by atoms with van der Waals surface area (Å²) < 4.78 is 21.5. The van der Waals surface area contributed by atoms with Crippen LogP contribution >= 0.6 is 0 Å². The monoisotopic (exact) mass is 500 g/mol. The lowest BCUT2D eigenvalue weighted by molar-refractivity contribution is -0.226. The highest BCUT2D eigenvalue weighted by Gasteiger charge is 2.79. The number of carbonyl (C=O) groups excluding carboxylic acids is 3. The van der Waals surface area contributed by atoms with Crippen molar-refractivity contribution in [2.24, 2.45) is 5.41 Å². The zero-order valence-electron chi connectivity index (χ0n) is 21.1. The number of fused-ring (bicyclic) bond motifs is 1. The molecule has 6 atom stereocenters. The number of hydrogen-bond donors (Lipinski definition) is 2. The highest BCUT2D eigenvalue weighted by molar-refractivity contribution is 5.95. The van der Waals surface area contributed by atoms with Crippen LogP contribution < -0.4 is 10.1 Å². The van der Waals surface area contributed by atoms with Crippen LogP contribution in [0.4, 0.5) is 5.69 Å². The Morgan fingerprint density at radius 1 is 1.19 bits per heavy atom. The Labute approximate surface area is 209 Å². The number of aliphatic hydroxyl groups is 1. The van der Waals surface area contributed by atoms with Gasteiger partial charge < -0.3 is 29.4 Å². The number of rotatable bonds is 5. The van der Waals surface area contributed by atoms with Gasteiger partial charge >= 0.3 is 17.9 Å². The predicted molar refractivity (Wildman–Crippen MR) is 128 cm³/mol. The minimum absolute atomic E-state index is 0.230. The summed E-state index contributed by atoms with van der Waals surface area (Å²) in [6, 6.07) is 2.32. The molecule has 0 bridgehead atoms. The number of hydrogen-bond acceptors (Lipinski definition) is 10. The molecule has 2 fully saturated rings. The number of anilines is 1. The topological polar surface area (TPSA) is 124 Å². The highest BCUT2D eigenvalue weighted by atomic mass is 16.6. The standard InChI is InChI=1S/C26H32N2O8/c1-6-24-8-7-10-28-11-9-25(21(24)28)16-12-15(19(30)34-4)18(33-3)13-17(16)27-20(25)26(32,23(31)35-5)22(24)36-14(2)29/h7-8,12-13,20-22,27,32H,6,9-11H2,1-5H3/t20?,21-,22+,24+,25-,26-/m0/s1. The van der Waals surface area contributed by atoms with Crippen molar-refractivity contribution in [1.82, 2.24) is 4.90 Å². The first-order chi connectivity index (χ1) is 17.1. The molecule has 10 heteroatoms. The maximum atomic E-state index is 13.5. The molecule has 0 amide bonds. The molecule has 194 valence electrons. The third kappa shape index (κ3) is 2.82. The molecule has 4 aliphatic rings. The normalized spacial score (nSPS) is 35.7. The van der Waals surface area contributed by atoms with Gasteiger partial charge in [-0.2, -0.15) is 0 Å². The minimum atomic E-state index is -2.22. The van der Waals surface area contributed by atoms with Crippen LogP contribution in [0.3, 0.4) is 0 Å². The molecule has 1 spiro atoms. The smallest absolute Gasteiger partial charge is 0.344 e. The lowest BCUT2D eigenvalue weighted by Gasteiger charge is -2.62. The molecule has 3 heterocycles. The van der Waals surface area contributed by atoms with Crippen molar-refractivity contribution < 1.29 is 38.4 Å². The van der Waals surface area contributed by atoms with Gasteiger partial charge in [-0.05, 0) is 31.0 Å². The number of ether oxygens (including phenoxy) is 4. The van der Waals surface area contributed by atoms with Crippen molar-refractivity contribution in [3.63, 3.8) is 0 Å². The lowest BCUT2D eigenvalue weighted by atomic mass is 9.48. The summed E-state index contributed by atoms with van der Waals surface area (Å²) in [7, 11) is 3.97. The third-order valence-corrected chi connectivity index (χ3v) is 8.74. The van der Waals surface area contributed by atoms with E-state index < -0.39 is 46.5 Å². The molecule has 2 N–H and O–H groups in total. The second-order valence-electron chi connectivity index (χ2n) is 10.0. The van der Waals surface area contributed by atoms with Crippen molar-refractivity contribution in [2.75, 3.05) is 39.7 Å². The molecular formula is C26H32N2O8. The molecule has 1 aliphatic carbocycles. The van der Waals surface area contributed by atoms with Crippen molar-refractivity contribution in [1.29, 1.82) is 0 Å². The number of esters is 3. The van der Waals surface area contributed by atoms with Gasteiger partial charge in [-0.15, -0.1) is 0 Å². The van der Waals surface area contributed by atoms with Crippen LogP contribution in [0.1, 0.15) is 42.6 Å². The van der Waals surface area contributed by atoms with Crippen molar-refractivity contribution in [2.45, 2.75) is 55.9 Å². The fraction of sp³-hybridized carbons (Fsp3) is 0.577. The van der Waals surface area contributed by atoms with Gasteiger partial charge in [0, 0.05) is 42.1 Å². The van der Waals surface area contributed by atoms with Gasteiger partial charge in [0.25, 0.3) is 0 Å². The van der Waals surface area contributed by atoms with E-state index in [0.717, 1.165) is 5.56 Å². The van der Waals surface area contributed by atoms with Crippen LogP contribution in [-0.4, -0.2) is 86.1 Å². The van der Waals surface area contributed by atoms with E-state index in [4.69, 9.17) is 18.9 Å². The van der Waals surface area contributed by atoms with Gasteiger partial charge in [0.1, 0.15) is 11.3 Å². The number of carbonyl (C=O) groups is 3. The Morgan fingerprint density at radius 3 is 2.56 bits per heavy atom. The first-order valence-electron chi connectivity index (χ1n) is 12.1. The van der Waals surface area contributed by atoms with E-state index in [1.165, 1.54) is 28.3 Å². The first-order valence-corrected chi connectivity index (χ1v) is 12.1. The number of benzene rings is 1. The summed E-state index contributed by atoms with van der Waals surface area (Å²) in [6.07, 6.45) is 3.88. The van der Waals surface area contributed by atoms with Crippen LogP contribution in [0.2, 0.25) is 0 Å². The van der Waals surface area contributed by atoms with Gasteiger partial charge in [-0.3, -0.25) is 9.69 Å². The van der Waals surface area contributed by atoms with Crippen LogP contribution in [0.25, 0.3) is 0 Å². The summed E-state index contributed by atoms with van der Waals surface area (Å²) in [4.78, 5) is 40.8. The highest BCUT2D eigenvalue weighted by Crippen LogP contribution is 2.66. The zero-order valence-corrected chi connectivity index (χ0v) is 21.1. The summed E-state index contributed by atoms with van der Waals surface area (Å²) in [5.41, 5.74) is -2.23. The van der Waals surface area contributed by atoms with Gasteiger partial charge in [0.05, 0.1) is 27.4 Å². The molecule has 10 nitrogen and oxygen atoms in total. The van der Waals surface area contributed by atoms with E-state index in [1.54, 1.807) is 12.1 Å². The summed E-state index contributed by atoms with van der Waals surface area (Å²) in [5, 5.41) is 15.8. The molecule has 0 aromatic heterocycles. The summed E-state index contributed by atoms with van der Waals surface area (Å²) in [5.74, 6) is -1.73. The minimum Gasteiger partial charge on any atom is -0.496 e. The number of nitrogens with zero attached hydrogens (tertiary/aromatic N) is 1. The third-order valence-electron chi connectivity index (χ3n) is 8.74. The van der Waals surface area contributed by atoms with Gasteiger partial charge in [-0.25, -0.2) is 9.59 Å². The molecule has 1 saturated heterocycles. The predicted octanol–water partition coefficient (Wildman–Crippen LogP) is 1.40. The second kappa shape index (κ2) is 8.21. The second-order valence-corrected chi connectivity index (χ2v) is 10.0. The average molecular weight is 501 g/mol. The fourth-order valence-electron chi connectivity index (χ4n) is 7.53. The fourth-order valence-corrected chi connectivity index (χ4v) is 7.53. The molecule has 1 unspecified atom stereocenters. The van der Waals surface area contributed by atoms with Gasteiger partial charge in [0.2, 0.25) is 5.60 Å². The molecule has 36 heavy (non-hydrogen) atoms. The Balaban J connectivity index is 1.84. The SMILES string of the molecule is CC[C@]12C=CCN3CC[C@@]4(c5cc(C(=O)OC)c(OC)cc5NC4[C@@](O)(C(=O)OC)[C@@H]1OC(C)=O)[C@@H]32. The Bertz CT molecular complexity index is 1170. The Hall–Kier alpha value is -3.11. The molecule has 5 rings (SSSR count). The molecule has 0 radical (unpaired) electrons. The van der Waals surface area contributed by atoms with E-state index in [-0.39, 0.29) is 11.6 Å². The average Bonchev–Trinajstić information content (AvgIpc) is 3.44. The quantitative estimate of drug-likeness (QED) is 0.348. The maximum absolute atomic E-state index is 13.5. The van der Waals surface area contributed by atoms with Crippen LogP contribution in [0.5, 0.6) is 5.75 Å². The van der Waals surface area contributed by atoms with Crippen molar-refractivity contribution in [3.05, 3.63) is 35.4 Å². The lowest BCUT2D eigenvalue weighted by Crippen LogP contribution is -2.80. The zero-order chi connectivity index (χ0) is 26.0. The summed E-state index contributed by atoms with van der Waals surface area (Å²) in [6.45, 7) is 4.61. The van der Waals surface area contributed by atoms with Crippen LogP contribution in [0.15, 0.2) is 24.3 Å². The van der Waals surface area contributed by atoms with Gasteiger partial charge in [-0.1, -0.05) is 19.1 Å². The Kier molecular flexibility index (Phi) is 5.60. The van der Waals surface area contributed by atoms with Gasteiger partial charge in [0.15, 0.2) is 6.10 Å².